The fourth-order valence-corrected chi connectivity index (χ4v) is 3.33. The molecule has 23 heavy (non-hydrogen) atoms. The van der Waals surface area contributed by atoms with Gasteiger partial charge in [-0.15, -0.1) is 25.6 Å². The second kappa shape index (κ2) is 8.55. The Hall–Kier alpha value is -0.500. The summed E-state index contributed by atoms with van der Waals surface area (Å²) in [5, 5.41) is 10.4. The largest absolute Gasteiger partial charge is 0.573 e. The van der Waals surface area contributed by atoms with Gasteiger partial charge in [0, 0.05) is 10.0 Å². The molecule has 1 aromatic rings. The van der Waals surface area contributed by atoms with Crippen molar-refractivity contribution in [3.8, 4) is 5.75 Å². The summed E-state index contributed by atoms with van der Waals surface area (Å²) in [4.78, 5) is 0. The molecule has 8 heteroatoms. The molecule has 1 aliphatic carbocycles. The Bertz CT molecular complexity index is 510. The zero-order valence-corrected chi connectivity index (χ0v) is 14.8. The molecule has 1 fully saturated rings. The number of benzene rings is 1. The first-order valence-corrected chi connectivity index (χ1v) is 8.06. The number of hydrogen-bond acceptors (Lipinski definition) is 3. The van der Waals surface area contributed by atoms with Gasteiger partial charge in [0.15, 0.2) is 0 Å². The lowest BCUT2D eigenvalue weighted by Gasteiger charge is -2.31. The Kier molecular flexibility index (Phi) is 7.64. The van der Waals surface area contributed by atoms with E-state index in [9.17, 15) is 18.3 Å². The summed E-state index contributed by atoms with van der Waals surface area (Å²) >= 11 is 3.22. The number of aliphatic hydroxyl groups is 1. The van der Waals surface area contributed by atoms with Gasteiger partial charge in [0.05, 0.1) is 12.1 Å². The van der Waals surface area contributed by atoms with E-state index in [4.69, 9.17) is 5.73 Å². The van der Waals surface area contributed by atoms with E-state index in [0.29, 0.717) is 4.47 Å². The van der Waals surface area contributed by atoms with Crippen molar-refractivity contribution in [1.29, 1.82) is 0 Å². The monoisotopic (exact) mass is 417 g/mol. The molecule has 3 nitrogen and oxygen atoms in total. The lowest BCUT2D eigenvalue weighted by Crippen LogP contribution is -2.34. The predicted molar refractivity (Wildman–Crippen MR) is 87.6 cm³/mol. The zero-order valence-electron chi connectivity index (χ0n) is 12.4. The number of ether oxygens (including phenoxy) is 1. The molecule has 3 N–H and O–H groups in total. The van der Waals surface area contributed by atoms with Gasteiger partial charge in [-0.2, -0.15) is 0 Å². The summed E-state index contributed by atoms with van der Waals surface area (Å²) < 4.78 is 42.1. The van der Waals surface area contributed by atoms with E-state index in [0.717, 1.165) is 32.1 Å². The molecule has 132 valence electrons. The average molecular weight is 419 g/mol. The van der Waals surface area contributed by atoms with Crippen LogP contribution in [0.15, 0.2) is 22.7 Å². The molecule has 0 amide bonds. The Balaban J connectivity index is 0.00000264. The fourth-order valence-electron chi connectivity index (χ4n) is 2.95. The highest BCUT2D eigenvalue weighted by Gasteiger charge is 2.35. The van der Waals surface area contributed by atoms with E-state index in [-0.39, 0.29) is 29.6 Å². The van der Waals surface area contributed by atoms with Gasteiger partial charge >= 0.3 is 6.36 Å². The molecule has 2 rings (SSSR count). The average Bonchev–Trinajstić information content (AvgIpc) is 2.47. The van der Waals surface area contributed by atoms with Crippen molar-refractivity contribution < 1.29 is 23.0 Å². The molecule has 0 unspecified atom stereocenters. The van der Waals surface area contributed by atoms with Crippen LogP contribution in [0.4, 0.5) is 13.2 Å². The van der Waals surface area contributed by atoms with Gasteiger partial charge in [-0.25, -0.2) is 0 Å². The van der Waals surface area contributed by atoms with Crippen LogP contribution in [0.2, 0.25) is 0 Å². The third-order valence-corrected chi connectivity index (χ3v) is 4.55. The van der Waals surface area contributed by atoms with Crippen molar-refractivity contribution >= 4 is 28.3 Å². The minimum Gasteiger partial charge on any atom is -0.405 e. The molecule has 1 aromatic carbocycles. The van der Waals surface area contributed by atoms with Gasteiger partial charge < -0.3 is 15.6 Å². The lowest BCUT2D eigenvalue weighted by molar-refractivity contribution is -0.275. The Morgan fingerprint density at radius 1 is 1.22 bits per heavy atom. The standard InChI is InChI=1S/C15H19BrF3NO2.ClH/c16-10-6-7-12(22-15(17,18)19)11(8-10)13(20)14(21)9-4-2-1-3-5-9;/h6-9,13-14,21H,1-5,20H2;1H/t13-,14+;/m1./s1. The summed E-state index contributed by atoms with van der Waals surface area (Å²) in [6, 6.07) is 3.21. The first-order chi connectivity index (χ1) is 10.3. The van der Waals surface area contributed by atoms with Crippen LogP contribution in [0.1, 0.15) is 43.7 Å². The van der Waals surface area contributed by atoms with Crippen LogP contribution in [0.3, 0.4) is 0 Å². The molecule has 0 heterocycles. The molecule has 0 aliphatic heterocycles. The van der Waals surface area contributed by atoms with Gasteiger partial charge in [0.2, 0.25) is 0 Å². The first-order valence-electron chi connectivity index (χ1n) is 7.27. The maximum absolute atomic E-state index is 12.5. The van der Waals surface area contributed by atoms with Gasteiger partial charge in [-0.3, -0.25) is 0 Å². The molecule has 0 spiro atoms. The topological polar surface area (TPSA) is 55.5 Å². The van der Waals surface area contributed by atoms with E-state index in [1.54, 1.807) is 0 Å². The molecule has 1 saturated carbocycles. The Labute approximate surface area is 147 Å². The quantitative estimate of drug-likeness (QED) is 0.744. The van der Waals surface area contributed by atoms with E-state index in [1.807, 2.05) is 0 Å². The number of rotatable bonds is 4. The molecule has 2 atom stereocenters. The van der Waals surface area contributed by atoms with E-state index in [1.165, 1.54) is 18.2 Å². The van der Waals surface area contributed by atoms with Crippen molar-refractivity contribution in [3.05, 3.63) is 28.2 Å². The minimum absolute atomic E-state index is 0. The van der Waals surface area contributed by atoms with Crippen LogP contribution in [-0.4, -0.2) is 17.6 Å². The van der Waals surface area contributed by atoms with Crippen molar-refractivity contribution in [3.63, 3.8) is 0 Å². The van der Waals surface area contributed by atoms with Crippen LogP contribution in [0, 0.1) is 5.92 Å². The predicted octanol–water partition coefficient (Wildman–Crippen LogP) is 4.71. The lowest BCUT2D eigenvalue weighted by atomic mass is 9.81. The van der Waals surface area contributed by atoms with Crippen LogP contribution < -0.4 is 10.5 Å². The zero-order chi connectivity index (χ0) is 16.3. The van der Waals surface area contributed by atoms with E-state index >= 15 is 0 Å². The summed E-state index contributed by atoms with van der Waals surface area (Å²) in [5.41, 5.74) is 6.20. The Morgan fingerprint density at radius 3 is 2.39 bits per heavy atom. The van der Waals surface area contributed by atoms with Crippen molar-refractivity contribution in [1.82, 2.24) is 0 Å². The SMILES string of the molecule is Cl.N[C@H](c1cc(Br)ccc1OC(F)(F)F)[C@@H](O)C1CCCCC1. The molecule has 0 saturated heterocycles. The highest BCUT2D eigenvalue weighted by atomic mass is 79.9. The van der Waals surface area contributed by atoms with E-state index < -0.39 is 18.5 Å². The van der Waals surface area contributed by atoms with Gasteiger partial charge in [0.1, 0.15) is 5.75 Å². The molecule has 0 aromatic heterocycles. The highest BCUT2D eigenvalue weighted by molar-refractivity contribution is 9.10. The van der Waals surface area contributed by atoms with E-state index in [2.05, 4.69) is 20.7 Å². The first kappa shape index (κ1) is 20.5. The van der Waals surface area contributed by atoms with Crippen LogP contribution in [0.25, 0.3) is 0 Å². The molecular formula is C15H20BrClF3NO2. The Morgan fingerprint density at radius 2 is 1.83 bits per heavy atom. The summed E-state index contributed by atoms with van der Waals surface area (Å²) in [5.74, 6) is -0.348. The van der Waals surface area contributed by atoms with Gasteiger partial charge in [0.25, 0.3) is 0 Å². The third-order valence-electron chi connectivity index (χ3n) is 4.06. The fraction of sp³-hybridized carbons (Fsp3) is 0.600. The number of halogens is 5. The molecular weight excluding hydrogens is 399 g/mol. The molecule has 0 bridgehead atoms. The van der Waals surface area contributed by atoms with Crippen LogP contribution in [0.5, 0.6) is 5.75 Å². The number of nitrogens with two attached hydrogens (primary N) is 1. The normalized spacial score (nSPS) is 18.9. The van der Waals surface area contributed by atoms with Crippen molar-refractivity contribution in [2.24, 2.45) is 11.7 Å². The van der Waals surface area contributed by atoms with Crippen LogP contribution >= 0.6 is 28.3 Å². The van der Waals surface area contributed by atoms with Gasteiger partial charge in [-0.05, 0) is 37.0 Å². The number of alkyl halides is 3. The second-order valence-corrected chi connectivity index (χ2v) is 6.56. The summed E-state index contributed by atoms with van der Waals surface area (Å²) in [6.45, 7) is 0. The molecule has 0 radical (unpaired) electrons. The molecule has 1 aliphatic rings. The summed E-state index contributed by atoms with van der Waals surface area (Å²) in [7, 11) is 0. The highest BCUT2D eigenvalue weighted by Crippen LogP contribution is 2.37. The maximum atomic E-state index is 12.5. The van der Waals surface area contributed by atoms with Gasteiger partial charge in [-0.1, -0.05) is 35.2 Å². The number of hydrogen-bond donors (Lipinski definition) is 2. The number of aliphatic hydroxyl groups excluding tert-OH is 1. The summed E-state index contributed by atoms with van der Waals surface area (Å²) in [6.07, 6.45) is -0.838. The van der Waals surface area contributed by atoms with Crippen molar-refractivity contribution in [2.75, 3.05) is 0 Å². The second-order valence-electron chi connectivity index (χ2n) is 5.64. The van der Waals surface area contributed by atoms with Crippen molar-refractivity contribution in [2.45, 2.75) is 50.6 Å². The smallest absolute Gasteiger partial charge is 0.405 e. The van der Waals surface area contributed by atoms with Crippen LogP contribution in [-0.2, 0) is 0 Å². The third kappa shape index (κ3) is 5.81. The maximum Gasteiger partial charge on any atom is 0.573 e. The minimum atomic E-state index is -4.79.